The largest absolute Gasteiger partial charge is 0.383 e. The van der Waals surface area contributed by atoms with Crippen LogP contribution in [0.4, 0.5) is 5.82 Å². The Kier molecular flexibility index (Phi) is 9.90. The van der Waals surface area contributed by atoms with Crippen molar-refractivity contribution in [2.75, 3.05) is 71.0 Å². The molecule has 47 heavy (non-hydrogen) atoms. The molecule has 0 bridgehead atoms. The van der Waals surface area contributed by atoms with Crippen LogP contribution < -0.4 is 4.90 Å². The number of rotatable bonds is 9. The first-order valence-electron chi connectivity index (χ1n) is 16.6. The molecule has 11 nitrogen and oxygen atoms in total. The van der Waals surface area contributed by atoms with E-state index in [1.807, 2.05) is 15.9 Å². The molecule has 1 N–H and O–H groups in total. The van der Waals surface area contributed by atoms with Crippen LogP contribution in [-0.2, 0) is 14.3 Å². The number of halogens is 2. The molecule has 2 aromatic heterocycles. The predicted molar refractivity (Wildman–Crippen MR) is 186 cm³/mol. The molecule has 3 aliphatic heterocycles. The van der Waals surface area contributed by atoms with Crippen molar-refractivity contribution in [3.63, 3.8) is 0 Å². The second-order valence-electron chi connectivity index (χ2n) is 13.8. The number of aromatic nitrogens is 4. The van der Waals surface area contributed by atoms with Gasteiger partial charge in [0.15, 0.2) is 5.82 Å². The highest BCUT2D eigenvalue weighted by Crippen LogP contribution is 2.48. The fourth-order valence-corrected chi connectivity index (χ4v) is 8.33. The summed E-state index contributed by atoms with van der Waals surface area (Å²) >= 11 is 13.8. The maximum Gasteiger partial charge on any atom is 0.245 e. The van der Waals surface area contributed by atoms with Crippen LogP contribution >= 0.6 is 23.2 Å². The van der Waals surface area contributed by atoms with Gasteiger partial charge in [0.2, 0.25) is 11.8 Å². The Hall–Kier alpha value is -3.12. The van der Waals surface area contributed by atoms with Crippen LogP contribution in [0, 0.1) is 12.8 Å². The van der Waals surface area contributed by atoms with E-state index in [0.717, 1.165) is 85.4 Å². The van der Waals surface area contributed by atoms with Crippen molar-refractivity contribution in [3.8, 4) is 11.1 Å². The highest BCUT2D eigenvalue weighted by molar-refractivity contribution is 6.45. The van der Waals surface area contributed by atoms with E-state index in [4.69, 9.17) is 33.0 Å². The number of aromatic amines is 1. The van der Waals surface area contributed by atoms with E-state index in [1.54, 1.807) is 13.3 Å². The number of amides is 2. The maximum absolute atomic E-state index is 12.8. The second-order valence-corrected chi connectivity index (χ2v) is 14.6. The summed E-state index contributed by atoms with van der Waals surface area (Å²) in [5.74, 6) is 1.49. The Morgan fingerprint density at radius 3 is 2.60 bits per heavy atom. The molecule has 3 aromatic rings. The lowest BCUT2D eigenvalue weighted by Crippen LogP contribution is -2.55. The molecule has 3 saturated heterocycles. The molecule has 0 unspecified atom stereocenters. The minimum atomic E-state index is -0.214. The van der Waals surface area contributed by atoms with E-state index in [9.17, 15) is 9.59 Å². The van der Waals surface area contributed by atoms with Gasteiger partial charge in [-0.05, 0) is 64.5 Å². The zero-order valence-electron chi connectivity index (χ0n) is 27.9. The Morgan fingerprint density at radius 1 is 1.15 bits per heavy atom. The van der Waals surface area contributed by atoms with Gasteiger partial charge in [0.25, 0.3) is 0 Å². The minimum absolute atomic E-state index is 0.0305. The number of likely N-dealkylation sites (tertiary alicyclic amines) is 1. The summed E-state index contributed by atoms with van der Waals surface area (Å²) < 4.78 is 7.34. The molecule has 0 aliphatic carbocycles. The van der Waals surface area contributed by atoms with Crippen LogP contribution in [-0.4, -0.2) is 118 Å². The molecule has 3 fully saturated rings. The SMILES string of the molecule is C=CC(=O)N1CCC(n2nc(N3CC[C@@H](CN4CCN(CCOC)C(=O)C4)CC3(C)C)c(-c3c(Cl)c(Cl)cc4[nH]ncc34)c2C)CC1. The zero-order chi connectivity index (χ0) is 33.5. The van der Waals surface area contributed by atoms with Gasteiger partial charge in [-0.2, -0.15) is 10.2 Å². The number of piperidine rings is 2. The minimum Gasteiger partial charge on any atom is -0.383 e. The summed E-state index contributed by atoms with van der Waals surface area (Å²) in [6.07, 6.45) is 6.74. The number of piperazine rings is 1. The van der Waals surface area contributed by atoms with Crippen LogP contribution in [0.1, 0.15) is 51.3 Å². The van der Waals surface area contributed by atoms with Gasteiger partial charge in [0.1, 0.15) is 0 Å². The van der Waals surface area contributed by atoms with E-state index < -0.39 is 0 Å². The highest BCUT2D eigenvalue weighted by Gasteiger charge is 2.40. The fourth-order valence-electron chi connectivity index (χ4n) is 7.88. The van der Waals surface area contributed by atoms with Crippen molar-refractivity contribution in [1.29, 1.82) is 0 Å². The van der Waals surface area contributed by atoms with Crippen LogP contribution in [0.25, 0.3) is 22.0 Å². The van der Waals surface area contributed by atoms with Crippen molar-refractivity contribution in [3.05, 3.63) is 40.7 Å². The predicted octanol–water partition coefficient (Wildman–Crippen LogP) is 5.18. The summed E-state index contributed by atoms with van der Waals surface area (Å²) in [6, 6.07) is 1.95. The molecule has 2 amide bonds. The number of H-pyrrole nitrogens is 1. The van der Waals surface area contributed by atoms with Gasteiger partial charge in [-0.1, -0.05) is 29.8 Å². The van der Waals surface area contributed by atoms with Crippen molar-refractivity contribution in [1.82, 2.24) is 34.7 Å². The molecular weight excluding hydrogens is 639 g/mol. The van der Waals surface area contributed by atoms with Crippen LogP contribution in [0.2, 0.25) is 10.0 Å². The van der Waals surface area contributed by atoms with E-state index >= 15 is 0 Å². The van der Waals surface area contributed by atoms with Gasteiger partial charge in [-0.25, -0.2) is 0 Å². The lowest BCUT2D eigenvalue weighted by Gasteiger charge is -2.47. The topological polar surface area (TPSA) is 103 Å². The number of ether oxygens (including phenoxy) is 1. The van der Waals surface area contributed by atoms with E-state index in [2.05, 4.69) is 52.0 Å². The Bertz CT molecular complexity index is 1640. The highest BCUT2D eigenvalue weighted by atomic mass is 35.5. The number of carbonyl (C=O) groups is 2. The molecule has 0 saturated carbocycles. The maximum atomic E-state index is 12.8. The third-order valence-electron chi connectivity index (χ3n) is 10.3. The fraction of sp³-hybridized carbons (Fsp3) is 0.588. The van der Waals surface area contributed by atoms with Gasteiger partial charge in [0, 0.05) is 80.7 Å². The summed E-state index contributed by atoms with van der Waals surface area (Å²) in [6.45, 7) is 16.7. The zero-order valence-corrected chi connectivity index (χ0v) is 29.4. The molecule has 0 spiro atoms. The average molecular weight is 686 g/mol. The van der Waals surface area contributed by atoms with Crippen molar-refractivity contribution >= 4 is 51.7 Å². The van der Waals surface area contributed by atoms with E-state index in [1.165, 1.54) is 6.08 Å². The average Bonchev–Trinajstić information content (AvgIpc) is 3.64. The lowest BCUT2D eigenvalue weighted by molar-refractivity contribution is -0.137. The summed E-state index contributed by atoms with van der Waals surface area (Å²) in [4.78, 5) is 33.6. The first kappa shape index (κ1) is 33.8. The molecular formula is C34H46Cl2N8O3. The normalized spacial score (nSPS) is 21.2. The number of nitrogens with one attached hydrogen (secondary N) is 1. The van der Waals surface area contributed by atoms with Crippen molar-refractivity contribution in [2.24, 2.45) is 5.92 Å². The van der Waals surface area contributed by atoms with Crippen molar-refractivity contribution in [2.45, 2.75) is 58.0 Å². The molecule has 5 heterocycles. The quantitative estimate of drug-likeness (QED) is 0.310. The van der Waals surface area contributed by atoms with Crippen LogP contribution in [0.3, 0.4) is 0 Å². The molecule has 3 aliphatic rings. The Labute approximate surface area is 286 Å². The number of fused-ring (bicyclic) bond motifs is 1. The number of hydrogen-bond donors (Lipinski definition) is 1. The Morgan fingerprint density at radius 2 is 1.91 bits per heavy atom. The number of anilines is 1. The molecule has 1 aromatic carbocycles. The Balaban J connectivity index is 1.30. The molecule has 0 radical (unpaired) electrons. The van der Waals surface area contributed by atoms with Gasteiger partial charge in [-0.15, -0.1) is 0 Å². The monoisotopic (exact) mass is 684 g/mol. The number of nitrogens with zero attached hydrogens (tertiary/aromatic N) is 7. The molecule has 254 valence electrons. The van der Waals surface area contributed by atoms with Crippen LogP contribution in [0.5, 0.6) is 0 Å². The smallest absolute Gasteiger partial charge is 0.245 e. The van der Waals surface area contributed by atoms with Crippen LogP contribution in [0.15, 0.2) is 24.9 Å². The lowest BCUT2D eigenvalue weighted by atomic mass is 9.81. The number of benzene rings is 1. The molecule has 6 rings (SSSR count). The van der Waals surface area contributed by atoms with Gasteiger partial charge in [0.05, 0.1) is 41.0 Å². The number of methoxy groups -OCH3 is 1. The van der Waals surface area contributed by atoms with Gasteiger partial charge in [-0.3, -0.25) is 24.3 Å². The van der Waals surface area contributed by atoms with Crippen molar-refractivity contribution < 1.29 is 14.3 Å². The summed E-state index contributed by atoms with van der Waals surface area (Å²) in [5, 5.41) is 14.6. The van der Waals surface area contributed by atoms with E-state index in [0.29, 0.717) is 48.7 Å². The first-order valence-corrected chi connectivity index (χ1v) is 17.4. The number of carbonyl (C=O) groups excluding carboxylic acids is 2. The van der Waals surface area contributed by atoms with Gasteiger partial charge < -0.3 is 19.4 Å². The first-order chi connectivity index (χ1) is 22.5. The molecule has 13 heteroatoms. The third-order valence-corrected chi connectivity index (χ3v) is 11.1. The standard InChI is InChI=1S/C34H46Cl2N8O3/c1-6-28(45)41-10-8-24(9-11-41)44-22(2)30(31-25-19-37-38-27(25)17-26(35)32(31)36)33(39-44)43-12-7-23(18-34(43,3)4)20-40-13-14-42(15-16-47-5)29(46)21-40/h6,17,19,23-24H,1,7-16,18,20-21H2,2-5H3,(H,37,38)/t23-/m1/s1. The van der Waals surface area contributed by atoms with E-state index in [-0.39, 0.29) is 23.4 Å². The van der Waals surface area contributed by atoms with Gasteiger partial charge >= 0.3 is 0 Å². The molecule has 1 atom stereocenters. The second kappa shape index (κ2) is 13.8. The third kappa shape index (κ3) is 6.64. The summed E-state index contributed by atoms with van der Waals surface area (Å²) in [7, 11) is 1.67. The summed E-state index contributed by atoms with van der Waals surface area (Å²) in [5.41, 5.74) is 3.43. The number of hydrogen-bond acceptors (Lipinski definition) is 7.